The number of nitrogens with zero attached hydrogens (tertiary/aromatic N) is 1. The normalized spacial score (nSPS) is 10.6. The second-order valence-electron chi connectivity index (χ2n) is 3.42. The lowest BCUT2D eigenvalue weighted by Crippen LogP contribution is -2.06. The number of aromatic nitrogens is 1. The number of nitrogens with one attached hydrogen (secondary N) is 1. The SMILES string of the molecule is Fc1nc(F)c(F)c(Nc2c(Br)cccc2Br)c1F. The van der Waals surface area contributed by atoms with Gasteiger partial charge in [-0.1, -0.05) is 6.07 Å². The zero-order valence-corrected chi connectivity index (χ0v) is 12.1. The highest BCUT2D eigenvalue weighted by Crippen LogP contribution is 2.35. The molecule has 1 aromatic carbocycles. The Morgan fingerprint density at radius 3 is 1.79 bits per heavy atom. The molecule has 0 atom stereocenters. The minimum Gasteiger partial charge on any atom is -0.349 e. The summed E-state index contributed by atoms with van der Waals surface area (Å²) in [7, 11) is 0. The van der Waals surface area contributed by atoms with Crippen LogP contribution in [-0.4, -0.2) is 4.98 Å². The molecule has 1 aromatic heterocycles. The van der Waals surface area contributed by atoms with Gasteiger partial charge in [0.05, 0.1) is 5.69 Å². The number of benzene rings is 1. The maximum Gasteiger partial charge on any atom is 0.253 e. The largest absolute Gasteiger partial charge is 0.349 e. The maximum atomic E-state index is 13.5. The van der Waals surface area contributed by atoms with Crippen LogP contribution in [0.15, 0.2) is 27.1 Å². The van der Waals surface area contributed by atoms with E-state index in [1.54, 1.807) is 18.2 Å². The molecule has 0 unspecified atom stereocenters. The highest BCUT2D eigenvalue weighted by atomic mass is 79.9. The summed E-state index contributed by atoms with van der Waals surface area (Å²) in [6, 6.07) is 4.85. The van der Waals surface area contributed by atoms with Gasteiger partial charge in [0.25, 0.3) is 11.9 Å². The number of hydrogen-bond donors (Lipinski definition) is 1. The predicted molar refractivity (Wildman–Crippen MR) is 69.2 cm³/mol. The van der Waals surface area contributed by atoms with E-state index in [2.05, 4.69) is 42.2 Å². The molecule has 1 heterocycles. The summed E-state index contributed by atoms with van der Waals surface area (Å²) in [5.41, 5.74) is -0.720. The van der Waals surface area contributed by atoms with E-state index in [1.807, 2.05) is 0 Å². The number of hydrogen-bond acceptors (Lipinski definition) is 2. The molecule has 8 heteroatoms. The van der Waals surface area contributed by atoms with Crippen LogP contribution < -0.4 is 5.32 Å². The second-order valence-corrected chi connectivity index (χ2v) is 5.13. The summed E-state index contributed by atoms with van der Waals surface area (Å²) in [5.74, 6) is -6.63. The van der Waals surface area contributed by atoms with E-state index in [4.69, 9.17) is 0 Å². The number of halogens is 6. The van der Waals surface area contributed by atoms with Crippen LogP contribution in [0.1, 0.15) is 0 Å². The van der Waals surface area contributed by atoms with Crippen molar-refractivity contribution in [3.05, 3.63) is 50.7 Å². The van der Waals surface area contributed by atoms with Crippen molar-refractivity contribution in [3.63, 3.8) is 0 Å². The quantitative estimate of drug-likeness (QED) is 0.573. The Labute approximate surface area is 122 Å². The van der Waals surface area contributed by atoms with Gasteiger partial charge in [-0.3, -0.25) is 0 Å². The van der Waals surface area contributed by atoms with Gasteiger partial charge in [0.1, 0.15) is 5.69 Å². The van der Waals surface area contributed by atoms with Crippen LogP contribution in [0.2, 0.25) is 0 Å². The van der Waals surface area contributed by atoms with E-state index in [1.165, 1.54) is 0 Å². The van der Waals surface area contributed by atoms with Gasteiger partial charge in [0.2, 0.25) is 11.6 Å². The van der Waals surface area contributed by atoms with Crippen molar-refractivity contribution < 1.29 is 17.6 Å². The van der Waals surface area contributed by atoms with E-state index in [9.17, 15) is 17.6 Å². The molecule has 0 aliphatic carbocycles. The van der Waals surface area contributed by atoms with Crippen LogP contribution in [0.4, 0.5) is 28.9 Å². The summed E-state index contributed by atoms with van der Waals surface area (Å²) in [6.45, 7) is 0. The van der Waals surface area contributed by atoms with Gasteiger partial charge in [-0.15, -0.1) is 0 Å². The van der Waals surface area contributed by atoms with E-state index < -0.39 is 29.2 Å². The van der Waals surface area contributed by atoms with E-state index >= 15 is 0 Å². The monoisotopic (exact) mass is 398 g/mol. The Morgan fingerprint density at radius 1 is 0.842 bits per heavy atom. The second kappa shape index (κ2) is 5.46. The van der Waals surface area contributed by atoms with Crippen LogP contribution in [0, 0.1) is 23.5 Å². The molecule has 0 saturated heterocycles. The van der Waals surface area contributed by atoms with Crippen LogP contribution >= 0.6 is 31.9 Å². The molecule has 100 valence electrons. The van der Waals surface area contributed by atoms with Crippen molar-refractivity contribution in [1.29, 1.82) is 0 Å². The number of para-hydroxylation sites is 1. The van der Waals surface area contributed by atoms with Gasteiger partial charge in [-0.25, -0.2) is 0 Å². The predicted octanol–water partition coefficient (Wildman–Crippen LogP) is 4.91. The topological polar surface area (TPSA) is 24.9 Å². The number of anilines is 2. The van der Waals surface area contributed by atoms with Crippen molar-refractivity contribution in [2.24, 2.45) is 0 Å². The van der Waals surface area contributed by atoms with Crippen LogP contribution in [0.25, 0.3) is 0 Å². The third kappa shape index (κ3) is 2.74. The molecule has 0 spiro atoms. The highest BCUT2D eigenvalue weighted by Gasteiger charge is 2.21. The molecule has 0 fully saturated rings. The summed E-state index contributed by atoms with van der Waals surface area (Å²) in [6.07, 6.45) is 0. The number of pyridine rings is 1. The molecule has 19 heavy (non-hydrogen) atoms. The minimum absolute atomic E-state index is 0.227. The first-order valence-electron chi connectivity index (χ1n) is 4.83. The highest BCUT2D eigenvalue weighted by molar-refractivity contribution is 9.11. The van der Waals surface area contributed by atoms with Crippen molar-refractivity contribution in [3.8, 4) is 0 Å². The molecular weight excluding hydrogens is 396 g/mol. The van der Waals surface area contributed by atoms with Gasteiger partial charge in [-0.05, 0) is 44.0 Å². The molecule has 2 aromatic rings. The first-order chi connectivity index (χ1) is 8.91. The zero-order valence-electron chi connectivity index (χ0n) is 8.95. The minimum atomic E-state index is -1.72. The van der Waals surface area contributed by atoms with Gasteiger partial charge in [-0.2, -0.15) is 22.5 Å². The lowest BCUT2D eigenvalue weighted by Gasteiger charge is -2.12. The fraction of sp³-hybridized carbons (Fsp3) is 0. The van der Waals surface area contributed by atoms with Crippen LogP contribution in [0.5, 0.6) is 0 Å². The number of rotatable bonds is 2. The van der Waals surface area contributed by atoms with Crippen LogP contribution in [0.3, 0.4) is 0 Å². The molecule has 0 saturated carbocycles. The Bertz CT molecular complexity index is 603. The molecule has 0 radical (unpaired) electrons. The van der Waals surface area contributed by atoms with E-state index in [0.29, 0.717) is 8.95 Å². The Hall–Kier alpha value is -1.15. The molecule has 2 rings (SSSR count). The fourth-order valence-electron chi connectivity index (χ4n) is 1.34. The van der Waals surface area contributed by atoms with Gasteiger partial charge in [0.15, 0.2) is 0 Å². The molecular formula is C11H4Br2F4N2. The lowest BCUT2D eigenvalue weighted by atomic mass is 10.3. The molecule has 0 aliphatic heterocycles. The van der Waals surface area contributed by atoms with Gasteiger partial charge >= 0.3 is 0 Å². The average molecular weight is 400 g/mol. The summed E-state index contributed by atoms with van der Waals surface area (Å²) < 4.78 is 53.8. The van der Waals surface area contributed by atoms with Crippen molar-refractivity contribution in [1.82, 2.24) is 4.98 Å². The molecule has 1 N–H and O–H groups in total. The molecule has 2 nitrogen and oxygen atoms in total. The van der Waals surface area contributed by atoms with Gasteiger partial charge in [0, 0.05) is 8.95 Å². The van der Waals surface area contributed by atoms with E-state index in [-0.39, 0.29) is 5.69 Å². The maximum absolute atomic E-state index is 13.5. The molecule has 0 bridgehead atoms. The van der Waals surface area contributed by atoms with E-state index in [0.717, 1.165) is 0 Å². The first kappa shape index (κ1) is 14.3. The third-order valence-corrected chi connectivity index (χ3v) is 3.53. The van der Waals surface area contributed by atoms with Crippen molar-refractivity contribution >= 4 is 43.2 Å². The Balaban J connectivity index is 2.56. The molecule has 0 amide bonds. The summed E-state index contributed by atoms with van der Waals surface area (Å²) >= 11 is 6.30. The third-order valence-electron chi connectivity index (χ3n) is 2.21. The summed E-state index contributed by atoms with van der Waals surface area (Å²) in [4.78, 5) is 2.47. The van der Waals surface area contributed by atoms with Crippen molar-refractivity contribution in [2.45, 2.75) is 0 Å². The zero-order chi connectivity index (χ0) is 14.2. The smallest absolute Gasteiger partial charge is 0.253 e. The van der Waals surface area contributed by atoms with Gasteiger partial charge < -0.3 is 5.32 Å². The Morgan fingerprint density at radius 2 is 1.32 bits per heavy atom. The average Bonchev–Trinajstić information content (AvgIpc) is 2.35. The van der Waals surface area contributed by atoms with Crippen LogP contribution in [-0.2, 0) is 0 Å². The molecule has 0 aliphatic rings. The summed E-state index contributed by atoms with van der Waals surface area (Å²) in [5, 5.41) is 2.29. The standard InChI is InChI=1S/C11H4Br2F4N2/c12-4-2-1-3-5(13)8(4)18-9-6(14)10(16)19-11(17)7(9)15/h1-3H,(H,18,19). The Kier molecular flexibility index (Phi) is 4.10. The lowest BCUT2D eigenvalue weighted by molar-refractivity contribution is 0.411. The fourth-order valence-corrected chi connectivity index (χ4v) is 2.54. The first-order valence-corrected chi connectivity index (χ1v) is 6.41. The van der Waals surface area contributed by atoms with Crippen molar-refractivity contribution in [2.75, 3.05) is 5.32 Å².